The zero-order valence-electron chi connectivity index (χ0n) is 7.61. The average Bonchev–Trinajstić information content (AvgIpc) is 2.63. The number of nitrogens with zero attached hydrogens (tertiary/aromatic N) is 1. The SMILES string of the molecule is Clc1ncc(CCc2ccccc2)o1. The minimum Gasteiger partial charge on any atom is -0.433 e. The molecule has 0 unspecified atom stereocenters. The highest BCUT2D eigenvalue weighted by Crippen LogP contribution is 2.11. The van der Waals surface area contributed by atoms with Gasteiger partial charge in [0.25, 0.3) is 5.35 Å². The Balaban J connectivity index is 1.95. The van der Waals surface area contributed by atoms with Crippen molar-refractivity contribution < 1.29 is 4.42 Å². The van der Waals surface area contributed by atoms with Gasteiger partial charge in [0.05, 0.1) is 6.20 Å². The molecule has 0 radical (unpaired) electrons. The summed E-state index contributed by atoms with van der Waals surface area (Å²) < 4.78 is 5.16. The zero-order valence-corrected chi connectivity index (χ0v) is 8.37. The van der Waals surface area contributed by atoms with E-state index in [1.807, 2.05) is 18.2 Å². The Hall–Kier alpha value is -1.28. The highest BCUT2D eigenvalue weighted by atomic mass is 35.5. The fourth-order valence-corrected chi connectivity index (χ4v) is 1.46. The van der Waals surface area contributed by atoms with E-state index < -0.39 is 0 Å². The summed E-state index contributed by atoms with van der Waals surface area (Å²) in [6, 6.07) is 10.3. The van der Waals surface area contributed by atoms with Crippen molar-refractivity contribution in [3.05, 3.63) is 53.2 Å². The molecule has 14 heavy (non-hydrogen) atoms. The molecule has 0 aliphatic rings. The third-order valence-corrected chi connectivity index (χ3v) is 2.20. The third-order valence-electron chi connectivity index (χ3n) is 2.03. The molecule has 2 rings (SSSR count). The molecule has 0 saturated carbocycles. The molecule has 1 heterocycles. The van der Waals surface area contributed by atoms with Crippen molar-refractivity contribution in [3.8, 4) is 0 Å². The van der Waals surface area contributed by atoms with E-state index in [1.54, 1.807) is 6.20 Å². The third kappa shape index (κ3) is 2.36. The van der Waals surface area contributed by atoms with Crippen LogP contribution >= 0.6 is 11.6 Å². The highest BCUT2D eigenvalue weighted by Gasteiger charge is 2.01. The molecule has 0 aliphatic carbocycles. The first-order chi connectivity index (χ1) is 6.84. The predicted octanol–water partition coefficient (Wildman–Crippen LogP) is 3.11. The van der Waals surface area contributed by atoms with Gasteiger partial charge in [-0.15, -0.1) is 0 Å². The van der Waals surface area contributed by atoms with E-state index in [-0.39, 0.29) is 5.35 Å². The minimum absolute atomic E-state index is 0.216. The van der Waals surface area contributed by atoms with Crippen LogP contribution < -0.4 is 0 Å². The lowest BCUT2D eigenvalue weighted by Gasteiger charge is -1.97. The largest absolute Gasteiger partial charge is 0.433 e. The Morgan fingerprint density at radius 1 is 1.14 bits per heavy atom. The first-order valence-corrected chi connectivity index (χ1v) is 4.86. The lowest BCUT2D eigenvalue weighted by atomic mass is 10.1. The maximum Gasteiger partial charge on any atom is 0.292 e. The monoisotopic (exact) mass is 207 g/mol. The highest BCUT2D eigenvalue weighted by molar-refractivity contribution is 6.27. The lowest BCUT2D eigenvalue weighted by Crippen LogP contribution is -1.88. The molecule has 0 aliphatic heterocycles. The Kier molecular flexibility index (Phi) is 2.84. The van der Waals surface area contributed by atoms with Gasteiger partial charge < -0.3 is 4.42 Å². The molecule has 0 saturated heterocycles. The van der Waals surface area contributed by atoms with Crippen molar-refractivity contribution >= 4 is 11.6 Å². The number of aryl methyl sites for hydroxylation is 2. The van der Waals surface area contributed by atoms with Crippen LogP contribution in [0.3, 0.4) is 0 Å². The molecule has 1 aromatic carbocycles. The number of hydrogen-bond donors (Lipinski definition) is 0. The van der Waals surface area contributed by atoms with Crippen LogP contribution in [0.4, 0.5) is 0 Å². The molecule has 0 spiro atoms. The van der Waals surface area contributed by atoms with Crippen LogP contribution in [-0.2, 0) is 12.8 Å². The second-order valence-electron chi connectivity index (χ2n) is 3.07. The van der Waals surface area contributed by atoms with Crippen LogP contribution in [-0.4, -0.2) is 4.98 Å². The quantitative estimate of drug-likeness (QED) is 0.773. The summed E-state index contributed by atoms with van der Waals surface area (Å²) in [5.74, 6) is 0.832. The normalized spacial score (nSPS) is 10.4. The molecule has 0 atom stereocenters. The van der Waals surface area contributed by atoms with Crippen LogP contribution in [0.25, 0.3) is 0 Å². The van der Waals surface area contributed by atoms with E-state index in [0.717, 1.165) is 18.6 Å². The molecule has 0 fully saturated rings. The first-order valence-electron chi connectivity index (χ1n) is 4.49. The number of benzene rings is 1. The fourth-order valence-electron chi connectivity index (χ4n) is 1.31. The Morgan fingerprint density at radius 3 is 2.57 bits per heavy atom. The topological polar surface area (TPSA) is 26.0 Å². The molecule has 0 bridgehead atoms. The van der Waals surface area contributed by atoms with Crippen molar-refractivity contribution in [1.29, 1.82) is 0 Å². The molecule has 72 valence electrons. The number of halogens is 1. The van der Waals surface area contributed by atoms with Gasteiger partial charge in [-0.05, 0) is 23.6 Å². The Morgan fingerprint density at radius 2 is 1.93 bits per heavy atom. The Labute approximate surface area is 87.5 Å². The van der Waals surface area contributed by atoms with E-state index >= 15 is 0 Å². The van der Waals surface area contributed by atoms with E-state index in [0.29, 0.717) is 0 Å². The van der Waals surface area contributed by atoms with Crippen molar-refractivity contribution in [3.63, 3.8) is 0 Å². The van der Waals surface area contributed by atoms with Gasteiger partial charge >= 0.3 is 0 Å². The number of rotatable bonds is 3. The van der Waals surface area contributed by atoms with E-state index in [2.05, 4.69) is 17.1 Å². The molecule has 2 aromatic rings. The van der Waals surface area contributed by atoms with E-state index in [1.165, 1.54) is 5.56 Å². The second kappa shape index (κ2) is 4.29. The van der Waals surface area contributed by atoms with Gasteiger partial charge in [0.15, 0.2) is 0 Å². The summed E-state index contributed by atoms with van der Waals surface area (Å²) in [5.41, 5.74) is 1.29. The second-order valence-corrected chi connectivity index (χ2v) is 3.39. The molecule has 3 heteroatoms. The maximum atomic E-state index is 5.56. The molecule has 0 amide bonds. The van der Waals surface area contributed by atoms with Gasteiger partial charge in [0.2, 0.25) is 0 Å². The first kappa shape index (κ1) is 9.28. The number of oxazole rings is 1. The summed E-state index contributed by atoms with van der Waals surface area (Å²) in [5, 5.41) is 0.216. The smallest absolute Gasteiger partial charge is 0.292 e. The molecular formula is C11H10ClNO. The Bertz CT molecular complexity index is 397. The van der Waals surface area contributed by atoms with E-state index in [9.17, 15) is 0 Å². The van der Waals surface area contributed by atoms with Crippen molar-refractivity contribution in [2.45, 2.75) is 12.8 Å². The van der Waals surface area contributed by atoms with Gasteiger partial charge in [0.1, 0.15) is 5.76 Å². The van der Waals surface area contributed by atoms with Crippen LogP contribution in [0.2, 0.25) is 5.35 Å². The summed E-state index contributed by atoms with van der Waals surface area (Å²) in [4.78, 5) is 3.83. The van der Waals surface area contributed by atoms with E-state index in [4.69, 9.17) is 16.0 Å². The van der Waals surface area contributed by atoms with Crippen LogP contribution in [0, 0.1) is 0 Å². The molecule has 1 aromatic heterocycles. The van der Waals surface area contributed by atoms with Crippen molar-refractivity contribution in [1.82, 2.24) is 4.98 Å². The number of hydrogen-bond acceptors (Lipinski definition) is 2. The summed E-state index contributed by atoms with van der Waals surface area (Å²) in [6.07, 6.45) is 3.46. The fraction of sp³-hybridized carbons (Fsp3) is 0.182. The summed E-state index contributed by atoms with van der Waals surface area (Å²) in [7, 11) is 0. The lowest BCUT2D eigenvalue weighted by molar-refractivity contribution is 0.505. The molecule has 2 nitrogen and oxygen atoms in total. The van der Waals surface area contributed by atoms with Gasteiger partial charge in [-0.3, -0.25) is 0 Å². The zero-order chi connectivity index (χ0) is 9.80. The minimum atomic E-state index is 0.216. The standard InChI is InChI=1S/C11H10ClNO/c12-11-13-8-10(14-11)7-6-9-4-2-1-3-5-9/h1-5,8H,6-7H2. The summed E-state index contributed by atoms with van der Waals surface area (Å²) >= 11 is 5.56. The predicted molar refractivity (Wildman–Crippen MR) is 55.4 cm³/mol. The van der Waals surface area contributed by atoms with Gasteiger partial charge in [0, 0.05) is 6.42 Å². The number of aromatic nitrogens is 1. The molecule has 0 N–H and O–H groups in total. The summed E-state index contributed by atoms with van der Waals surface area (Å²) in [6.45, 7) is 0. The van der Waals surface area contributed by atoms with Gasteiger partial charge in [-0.2, -0.15) is 0 Å². The van der Waals surface area contributed by atoms with Crippen LogP contribution in [0.1, 0.15) is 11.3 Å². The maximum absolute atomic E-state index is 5.56. The molecular weight excluding hydrogens is 198 g/mol. The van der Waals surface area contributed by atoms with Crippen molar-refractivity contribution in [2.24, 2.45) is 0 Å². The average molecular weight is 208 g/mol. The van der Waals surface area contributed by atoms with Crippen LogP contribution in [0.5, 0.6) is 0 Å². The van der Waals surface area contributed by atoms with Gasteiger partial charge in [-0.1, -0.05) is 30.3 Å². The van der Waals surface area contributed by atoms with Gasteiger partial charge in [-0.25, -0.2) is 4.98 Å². The van der Waals surface area contributed by atoms with Crippen molar-refractivity contribution in [2.75, 3.05) is 0 Å². The van der Waals surface area contributed by atoms with Crippen LogP contribution in [0.15, 0.2) is 40.9 Å².